The van der Waals surface area contributed by atoms with Crippen LogP contribution in [0, 0.1) is 0 Å². The predicted octanol–water partition coefficient (Wildman–Crippen LogP) is 5.66. The molecule has 0 saturated carbocycles. The maximum absolute atomic E-state index is 5.88. The first kappa shape index (κ1) is 15.6. The summed E-state index contributed by atoms with van der Waals surface area (Å²) in [6.07, 6.45) is 1.92. The van der Waals surface area contributed by atoms with Crippen LogP contribution in [-0.2, 0) is 7.05 Å². The van der Waals surface area contributed by atoms with Gasteiger partial charge in [-0.1, -0.05) is 25.4 Å². The molecule has 1 heterocycles. The summed E-state index contributed by atoms with van der Waals surface area (Å²) in [7, 11) is 2.05. The van der Waals surface area contributed by atoms with E-state index in [1.54, 1.807) is 0 Å². The monoisotopic (exact) mass is 326 g/mol. The molecule has 0 atom stereocenters. The van der Waals surface area contributed by atoms with E-state index in [1.165, 1.54) is 0 Å². The predicted molar refractivity (Wildman–Crippen MR) is 94.3 cm³/mol. The van der Waals surface area contributed by atoms with E-state index in [9.17, 15) is 0 Å². The molecule has 0 N–H and O–H groups in total. The highest BCUT2D eigenvalue weighted by molar-refractivity contribution is 6.30. The Morgan fingerprint density at radius 2 is 1.52 bits per heavy atom. The Morgan fingerprint density at radius 1 is 0.957 bits per heavy atom. The van der Waals surface area contributed by atoms with Gasteiger partial charge in [0.15, 0.2) is 0 Å². The smallest absolute Gasteiger partial charge is 0.127 e. The number of hydrogen-bond donors (Lipinski definition) is 0. The Kier molecular flexibility index (Phi) is 4.39. The van der Waals surface area contributed by atoms with E-state index in [0.29, 0.717) is 10.9 Å². The third-order valence-corrected chi connectivity index (χ3v) is 3.99. The van der Waals surface area contributed by atoms with Crippen molar-refractivity contribution < 1.29 is 4.74 Å². The number of rotatable bonds is 4. The lowest BCUT2D eigenvalue weighted by atomic mass is 10.1. The van der Waals surface area contributed by atoms with Gasteiger partial charge in [0.2, 0.25) is 0 Å². The molecule has 1 aromatic heterocycles. The Labute approximate surface area is 141 Å². The highest BCUT2D eigenvalue weighted by Crippen LogP contribution is 2.27. The molecule has 0 aliphatic carbocycles. The lowest BCUT2D eigenvalue weighted by Gasteiger charge is -2.09. The van der Waals surface area contributed by atoms with E-state index in [4.69, 9.17) is 16.3 Å². The van der Waals surface area contributed by atoms with Crippen LogP contribution >= 0.6 is 11.6 Å². The molecule has 3 rings (SSSR count). The van der Waals surface area contributed by atoms with Crippen molar-refractivity contribution >= 4 is 11.6 Å². The zero-order valence-corrected chi connectivity index (χ0v) is 14.2. The summed E-state index contributed by atoms with van der Waals surface area (Å²) < 4.78 is 7.96. The number of hydrogen-bond acceptors (Lipinski definition) is 2. The van der Waals surface area contributed by atoms with Gasteiger partial charge < -0.3 is 9.30 Å². The normalized spacial score (nSPS) is 11.0. The van der Waals surface area contributed by atoms with Crippen LogP contribution in [0.25, 0.3) is 11.3 Å². The van der Waals surface area contributed by atoms with E-state index in [2.05, 4.69) is 30.4 Å². The van der Waals surface area contributed by atoms with E-state index in [0.717, 1.165) is 28.6 Å². The molecular weight excluding hydrogens is 308 g/mol. The molecule has 2 aromatic carbocycles. The molecule has 0 spiro atoms. The molecular formula is C19H19ClN2O. The highest BCUT2D eigenvalue weighted by Gasteiger charge is 2.11. The number of aromatic nitrogens is 2. The molecule has 0 saturated heterocycles. The number of ether oxygens (including phenoxy) is 1. The second-order valence-electron chi connectivity index (χ2n) is 5.80. The Bertz CT molecular complexity index is 789. The average Bonchev–Trinajstić information content (AvgIpc) is 2.92. The largest absolute Gasteiger partial charge is 0.457 e. The second-order valence-corrected chi connectivity index (χ2v) is 6.23. The topological polar surface area (TPSA) is 27.1 Å². The molecule has 0 radical (unpaired) electrons. The minimum Gasteiger partial charge on any atom is -0.457 e. The van der Waals surface area contributed by atoms with E-state index >= 15 is 0 Å². The summed E-state index contributed by atoms with van der Waals surface area (Å²) >= 11 is 5.88. The molecule has 3 aromatic rings. The van der Waals surface area contributed by atoms with Crippen molar-refractivity contribution in [3.63, 3.8) is 0 Å². The van der Waals surface area contributed by atoms with Gasteiger partial charge >= 0.3 is 0 Å². The molecule has 118 valence electrons. The zero-order chi connectivity index (χ0) is 16.4. The van der Waals surface area contributed by atoms with Gasteiger partial charge in [0.25, 0.3) is 0 Å². The van der Waals surface area contributed by atoms with Crippen molar-refractivity contribution in [3.8, 4) is 22.8 Å². The van der Waals surface area contributed by atoms with Crippen LogP contribution in [0.15, 0.2) is 54.7 Å². The quantitative estimate of drug-likeness (QED) is 0.619. The average molecular weight is 327 g/mol. The van der Waals surface area contributed by atoms with Crippen LogP contribution in [0.3, 0.4) is 0 Å². The van der Waals surface area contributed by atoms with Gasteiger partial charge in [0.1, 0.15) is 17.3 Å². The summed E-state index contributed by atoms with van der Waals surface area (Å²) in [6, 6.07) is 15.4. The van der Waals surface area contributed by atoms with Gasteiger partial charge in [0, 0.05) is 23.6 Å². The van der Waals surface area contributed by atoms with E-state index in [-0.39, 0.29) is 0 Å². The molecule has 0 aliphatic heterocycles. The Balaban J connectivity index is 1.80. The minimum atomic E-state index is 0.404. The van der Waals surface area contributed by atoms with Crippen molar-refractivity contribution in [2.24, 2.45) is 7.05 Å². The van der Waals surface area contributed by atoms with Crippen molar-refractivity contribution in [2.45, 2.75) is 19.8 Å². The lowest BCUT2D eigenvalue weighted by Crippen LogP contribution is -2.01. The third kappa shape index (κ3) is 3.40. The van der Waals surface area contributed by atoms with Gasteiger partial charge in [-0.3, -0.25) is 0 Å². The molecule has 0 unspecified atom stereocenters. The summed E-state index contributed by atoms with van der Waals surface area (Å²) in [4.78, 5) is 4.51. The van der Waals surface area contributed by atoms with E-state index in [1.807, 2.05) is 54.7 Å². The van der Waals surface area contributed by atoms with Crippen molar-refractivity contribution in [2.75, 3.05) is 0 Å². The number of nitrogens with zero attached hydrogens (tertiary/aromatic N) is 2. The van der Waals surface area contributed by atoms with Gasteiger partial charge in [-0.15, -0.1) is 0 Å². The fourth-order valence-electron chi connectivity index (χ4n) is 2.56. The van der Waals surface area contributed by atoms with Crippen molar-refractivity contribution in [1.29, 1.82) is 0 Å². The maximum Gasteiger partial charge on any atom is 0.127 e. The minimum absolute atomic E-state index is 0.404. The van der Waals surface area contributed by atoms with Crippen molar-refractivity contribution in [1.82, 2.24) is 9.55 Å². The molecule has 0 fully saturated rings. The first-order valence-corrected chi connectivity index (χ1v) is 7.98. The molecule has 23 heavy (non-hydrogen) atoms. The van der Waals surface area contributed by atoms with Crippen LogP contribution in [-0.4, -0.2) is 9.55 Å². The summed E-state index contributed by atoms with van der Waals surface area (Å²) in [6.45, 7) is 4.30. The zero-order valence-electron chi connectivity index (χ0n) is 13.5. The maximum atomic E-state index is 5.88. The highest BCUT2D eigenvalue weighted by atomic mass is 35.5. The SMILES string of the molecule is CC(C)c1ncc(-c2ccc(Oc3ccc(Cl)cc3)cc2)n1C. The second kappa shape index (κ2) is 6.47. The van der Waals surface area contributed by atoms with Crippen LogP contribution in [0.1, 0.15) is 25.6 Å². The first-order valence-electron chi connectivity index (χ1n) is 7.60. The molecule has 0 amide bonds. The summed E-state index contributed by atoms with van der Waals surface area (Å²) in [5.74, 6) is 3.05. The lowest BCUT2D eigenvalue weighted by molar-refractivity contribution is 0.483. The van der Waals surface area contributed by atoms with Gasteiger partial charge in [-0.25, -0.2) is 4.98 Å². The Hall–Kier alpha value is -2.26. The van der Waals surface area contributed by atoms with Crippen LogP contribution in [0.4, 0.5) is 0 Å². The molecule has 3 nitrogen and oxygen atoms in total. The number of benzene rings is 2. The molecule has 0 aliphatic rings. The number of halogens is 1. The molecule has 4 heteroatoms. The Morgan fingerprint density at radius 3 is 2.04 bits per heavy atom. The molecule has 0 bridgehead atoms. The fourth-order valence-corrected chi connectivity index (χ4v) is 2.69. The standard InChI is InChI=1S/C19H19ClN2O/c1-13(2)19-21-12-18(22(19)3)14-4-8-16(9-5-14)23-17-10-6-15(20)7-11-17/h4-13H,1-3H3. The summed E-state index contributed by atoms with van der Waals surface area (Å²) in [5.41, 5.74) is 2.22. The third-order valence-electron chi connectivity index (χ3n) is 3.74. The van der Waals surface area contributed by atoms with Gasteiger partial charge in [-0.2, -0.15) is 0 Å². The van der Waals surface area contributed by atoms with Crippen LogP contribution in [0.2, 0.25) is 5.02 Å². The summed E-state index contributed by atoms with van der Waals surface area (Å²) in [5, 5.41) is 0.699. The first-order chi connectivity index (χ1) is 11.0. The van der Waals surface area contributed by atoms with Crippen LogP contribution < -0.4 is 4.74 Å². The van der Waals surface area contributed by atoms with Gasteiger partial charge in [-0.05, 0) is 48.5 Å². The van der Waals surface area contributed by atoms with Crippen LogP contribution in [0.5, 0.6) is 11.5 Å². The van der Waals surface area contributed by atoms with Crippen molar-refractivity contribution in [3.05, 3.63) is 65.6 Å². The van der Waals surface area contributed by atoms with Gasteiger partial charge in [0.05, 0.1) is 11.9 Å². The number of imidazole rings is 1. The fraction of sp³-hybridized carbons (Fsp3) is 0.211. The van der Waals surface area contributed by atoms with E-state index < -0.39 is 0 Å².